The molecule has 5 heteroatoms. The molecular formula is C9H15F3N2. The molecule has 2 fully saturated rings. The second-order valence-corrected chi connectivity index (χ2v) is 4.09. The smallest absolute Gasteiger partial charge is 0.317 e. The van der Waals surface area contributed by atoms with E-state index in [2.05, 4.69) is 5.32 Å². The molecule has 0 radical (unpaired) electrons. The van der Waals surface area contributed by atoms with Crippen molar-refractivity contribution in [2.45, 2.75) is 44.1 Å². The molecule has 1 aliphatic heterocycles. The molecule has 2 nitrogen and oxygen atoms in total. The summed E-state index contributed by atoms with van der Waals surface area (Å²) in [4.78, 5) is 0.786. The van der Waals surface area contributed by atoms with Crippen molar-refractivity contribution in [1.29, 1.82) is 0 Å². The van der Waals surface area contributed by atoms with Gasteiger partial charge in [-0.3, -0.25) is 0 Å². The van der Waals surface area contributed by atoms with E-state index in [-0.39, 0.29) is 12.1 Å². The van der Waals surface area contributed by atoms with E-state index in [1.165, 1.54) is 0 Å². The Hall–Kier alpha value is -0.290. The van der Waals surface area contributed by atoms with Gasteiger partial charge >= 0.3 is 6.30 Å². The predicted molar refractivity (Wildman–Crippen MR) is 46.8 cm³/mol. The van der Waals surface area contributed by atoms with Gasteiger partial charge in [-0.05, 0) is 38.8 Å². The first-order chi connectivity index (χ1) is 6.59. The Morgan fingerprint density at radius 3 is 1.86 bits per heavy atom. The fourth-order valence-electron chi connectivity index (χ4n) is 2.15. The summed E-state index contributed by atoms with van der Waals surface area (Å²) in [6.45, 7) is 1.42. The highest BCUT2D eigenvalue weighted by Crippen LogP contribution is 2.39. The summed E-state index contributed by atoms with van der Waals surface area (Å²) in [5, 5.41) is 3.09. The molecule has 0 aromatic carbocycles. The lowest BCUT2D eigenvalue weighted by atomic mass is 10.1. The molecule has 1 saturated heterocycles. The van der Waals surface area contributed by atoms with Gasteiger partial charge in [0.25, 0.3) is 0 Å². The third kappa shape index (κ3) is 2.20. The quantitative estimate of drug-likeness (QED) is 0.695. The third-order valence-corrected chi connectivity index (χ3v) is 2.94. The molecule has 0 bridgehead atoms. The minimum atomic E-state index is -4.14. The predicted octanol–water partition coefficient (Wildman–Crippen LogP) is 1.72. The monoisotopic (exact) mass is 208 g/mol. The molecule has 1 N–H and O–H groups in total. The van der Waals surface area contributed by atoms with E-state index >= 15 is 0 Å². The van der Waals surface area contributed by atoms with Crippen LogP contribution in [0.25, 0.3) is 0 Å². The molecule has 14 heavy (non-hydrogen) atoms. The second-order valence-electron chi connectivity index (χ2n) is 4.09. The van der Waals surface area contributed by atoms with Gasteiger partial charge in [-0.25, -0.2) is 4.90 Å². The van der Waals surface area contributed by atoms with Gasteiger partial charge in [0.05, 0.1) is 0 Å². The third-order valence-electron chi connectivity index (χ3n) is 2.94. The molecule has 82 valence electrons. The lowest BCUT2D eigenvalue weighted by Gasteiger charge is -2.35. The Labute approximate surface area is 81.5 Å². The van der Waals surface area contributed by atoms with Crippen LogP contribution < -0.4 is 5.32 Å². The molecule has 2 aliphatic rings. The van der Waals surface area contributed by atoms with Gasteiger partial charge in [-0.1, -0.05) is 0 Å². The van der Waals surface area contributed by atoms with Crippen molar-refractivity contribution in [3.05, 3.63) is 0 Å². The molecule has 1 heterocycles. The van der Waals surface area contributed by atoms with Gasteiger partial charge in [-0.15, -0.1) is 0 Å². The molecule has 0 aromatic heterocycles. The second kappa shape index (κ2) is 3.70. The fraction of sp³-hybridized carbons (Fsp3) is 1.00. The van der Waals surface area contributed by atoms with Crippen LogP contribution in [0.2, 0.25) is 0 Å². The molecule has 0 atom stereocenters. The molecule has 1 aliphatic carbocycles. The number of nitrogens with zero attached hydrogens (tertiary/aromatic N) is 1. The summed E-state index contributed by atoms with van der Waals surface area (Å²) in [7, 11) is 0. The van der Waals surface area contributed by atoms with Gasteiger partial charge in [0.2, 0.25) is 0 Å². The highest BCUT2D eigenvalue weighted by atomic mass is 19.4. The first-order valence-electron chi connectivity index (χ1n) is 5.15. The maximum atomic E-state index is 12.7. The van der Waals surface area contributed by atoms with Gasteiger partial charge in [0.15, 0.2) is 0 Å². The van der Waals surface area contributed by atoms with E-state index in [9.17, 15) is 13.2 Å². The molecule has 2 rings (SSSR count). The van der Waals surface area contributed by atoms with E-state index in [1.54, 1.807) is 0 Å². The van der Waals surface area contributed by atoms with Crippen molar-refractivity contribution in [2.75, 3.05) is 13.1 Å². The summed E-state index contributed by atoms with van der Waals surface area (Å²) < 4.78 is 38.1. The number of alkyl halides is 3. The lowest BCUT2D eigenvalue weighted by Crippen LogP contribution is -2.51. The Morgan fingerprint density at radius 1 is 0.929 bits per heavy atom. The number of rotatable bonds is 2. The van der Waals surface area contributed by atoms with Crippen molar-refractivity contribution >= 4 is 0 Å². The molecule has 0 amide bonds. The number of hydrogen-bond acceptors (Lipinski definition) is 2. The Bertz CT molecular complexity index is 195. The van der Waals surface area contributed by atoms with Gasteiger partial charge in [0.1, 0.15) is 0 Å². The van der Waals surface area contributed by atoms with Crippen LogP contribution in [0, 0.1) is 0 Å². The van der Waals surface area contributed by atoms with Crippen molar-refractivity contribution < 1.29 is 13.2 Å². The molecule has 0 unspecified atom stereocenters. The zero-order valence-corrected chi connectivity index (χ0v) is 7.98. The fourth-order valence-corrected chi connectivity index (χ4v) is 2.15. The van der Waals surface area contributed by atoms with Crippen LogP contribution in [0.15, 0.2) is 0 Å². The Balaban J connectivity index is 2.01. The molecule has 0 aromatic rings. The van der Waals surface area contributed by atoms with Crippen LogP contribution >= 0.6 is 0 Å². The van der Waals surface area contributed by atoms with E-state index in [1.807, 2.05) is 0 Å². The standard InChI is InChI=1S/C9H15F3N2/c10-9(11,12)14(7-1-2-7)8-3-5-13-6-4-8/h7-8,13H,1-6H2. The Morgan fingerprint density at radius 2 is 1.43 bits per heavy atom. The first-order valence-corrected chi connectivity index (χ1v) is 5.15. The van der Waals surface area contributed by atoms with E-state index in [0.29, 0.717) is 38.8 Å². The van der Waals surface area contributed by atoms with Gasteiger partial charge < -0.3 is 5.32 Å². The summed E-state index contributed by atoms with van der Waals surface area (Å²) in [6, 6.07) is -0.512. The van der Waals surface area contributed by atoms with Crippen LogP contribution in [0.3, 0.4) is 0 Å². The van der Waals surface area contributed by atoms with Crippen molar-refractivity contribution in [3.63, 3.8) is 0 Å². The number of nitrogens with one attached hydrogen (secondary N) is 1. The van der Waals surface area contributed by atoms with E-state index < -0.39 is 6.30 Å². The molecule has 1 saturated carbocycles. The molecular weight excluding hydrogens is 193 g/mol. The Kier molecular flexibility index (Phi) is 2.70. The van der Waals surface area contributed by atoms with Crippen LogP contribution in [-0.2, 0) is 0 Å². The minimum Gasteiger partial charge on any atom is -0.317 e. The van der Waals surface area contributed by atoms with Crippen LogP contribution in [0.5, 0.6) is 0 Å². The largest absolute Gasteiger partial charge is 0.460 e. The summed E-state index contributed by atoms with van der Waals surface area (Å²) in [5.74, 6) is 0. The van der Waals surface area contributed by atoms with Crippen LogP contribution in [0.4, 0.5) is 13.2 Å². The zero-order chi connectivity index (χ0) is 10.2. The number of hydrogen-bond donors (Lipinski definition) is 1. The van der Waals surface area contributed by atoms with E-state index in [4.69, 9.17) is 0 Å². The molecule has 0 spiro atoms. The average molecular weight is 208 g/mol. The topological polar surface area (TPSA) is 15.3 Å². The maximum absolute atomic E-state index is 12.7. The number of piperidine rings is 1. The average Bonchev–Trinajstić information content (AvgIpc) is 2.88. The first kappa shape index (κ1) is 10.2. The van der Waals surface area contributed by atoms with Gasteiger partial charge in [-0.2, -0.15) is 13.2 Å². The summed E-state index contributed by atoms with van der Waals surface area (Å²) in [6.07, 6.45) is -1.47. The van der Waals surface area contributed by atoms with Crippen molar-refractivity contribution in [2.24, 2.45) is 0 Å². The summed E-state index contributed by atoms with van der Waals surface area (Å²) in [5.41, 5.74) is 0. The number of halogens is 3. The van der Waals surface area contributed by atoms with Crippen LogP contribution in [-0.4, -0.2) is 36.4 Å². The normalized spacial score (nSPS) is 25.7. The SMILES string of the molecule is FC(F)(F)N(C1CCNCC1)C1CC1. The van der Waals surface area contributed by atoms with E-state index in [0.717, 1.165) is 4.90 Å². The van der Waals surface area contributed by atoms with Crippen LogP contribution in [0.1, 0.15) is 25.7 Å². The highest BCUT2D eigenvalue weighted by Gasteiger charge is 2.49. The minimum absolute atomic E-state index is 0.224. The highest BCUT2D eigenvalue weighted by molar-refractivity contribution is 4.91. The maximum Gasteiger partial charge on any atom is 0.460 e. The van der Waals surface area contributed by atoms with Gasteiger partial charge in [0, 0.05) is 12.1 Å². The lowest BCUT2D eigenvalue weighted by molar-refractivity contribution is -0.264. The van der Waals surface area contributed by atoms with Crippen molar-refractivity contribution in [3.8, 4) is 0 Å². The van der Waals surface area contributed by atoms with Crippen molar-refractivity contribution in [1.82, 2.24) is 10.2 Å². The zero-order valence-electron chi connectivity index (χ0n) is 7.98. The summed E-state index contributed by atoms with van der Waals surface area (Å²) >= 11 is 0.